The number of hydrogen-bond acceptors (Lipinski definition) is 6. The molecule has 2 N–H and O–H groups in total. The maximum atomic E-state index is 9.11. The van der Waals surface area contributed by atoms with E-state index in [1.54, 1.807) is 0 Å². The Balaban J connectivity index is -0.000000107. The summed E-state index contributed by atoms with van der Waals surface area (Å²) in [5.74, 6) is 0. The Hall–Kier alpha value is 1.31. The molecule has 0 aliphatic heterocycles. The normalized spacial score (nSPS) is 10.5. The molecule has 0 aromatic heterocycles. The van der Waals surface area contributed by atoms with Crippen molar-refractivity contribution >= 4 is 20.2 Å². The van der Waals surface area contributed by atoms with E-state index in [0.29, 0.717) is 0 Å². The van der Waals surface area contributed by atoms with Crippen molar-refractivity contribution in [3.63, 3.8) is 0 Å². The quantitative estimate of drug-likeness (QED) is 0.396. The van der Waals surface area contributed by atoms with E-state index in [2.05, 4.69) is 11.2 Å². The molecule has 0 radical (unpaired) electrons. The van der Waals surface area contributed by atoms with Crippen molar-refractivity contribution in [1.29, 1.82) is 0 Å². The molecule has 0 fully saturated rings. The summed E-state index contributed by atoms with van der Waals surface area (Å²) in [5, 5.41) is 0. The molecule has 0 aromatic rings. The molecule has 0 bridgehead atoms. The maximum absolute atomic E-state index is 9.11. The summed E-state index contributed by atoms with van der Waals surface area (Å²) in [7, 11) is -3.83. The van der Waals surface area contributed by atoms with Crippen molar-refractivity contribution in [3.05, 3.63) is 0 Å². The van der Waals surface area contributed by atoms with Crippen molar-refractivity contribution < 1.29 is 72.9 Å². The first-order chi connectivity index (χ1) is 4.00. The Kier molecular flexibility index (Phi) is 11.2. The molecule has 0 unspecified atom stereocenters. The fourth-order valence-electron chi connectivity index (χ4n) is 0. The molecule has 0 rings (SSSR count). The van der Waals surface area contributed by atoms with Crippen LogP contribution in [0.2, 0.25) is 0 Å². The summed E-state index contributed by atoms with van der Waals surface area (Å²) in [5.41, 5.74) is 0. The van der Waals surface area contributed by atoms with Gasteiger partial charge in [-0.15, -0.1) is 0 Å². The third-order valence-electron chi connectivity index (χ3n) is 0. The summed E-state index contributed by atoms with van der Waals surface area (Å²) >= 11 is -2.65. The second-order valence-electron chi connectivity index (χ2n) is 0.826. The van der Waals surface area contributed by atoms with E-state index >= 15 is 0 Å². The van der Waals surface area contributed by atoms with Crippen LogP contribution in [0.15, 0.2) is 0 Å². The van der Waals surface area contributed by atoms with Crippen LogP contribution in [0.1, 0.15) is 0 Å². The molecule has 11 heavy (non-hydrogen) atoms. The Morgan fingerprint density at radius 2 is 1.27 bits per heavy atom. The van der Waals surface area contributed by atoms with Crippen molar-refractivity contribution in [3.8, 4) is 0 Å². The van der Waals surface area contributed by atoms with Crippen LogP contribution < -0.4 is 33.4 Å². The third kappa shape index (κ3) is 570. The summed E-state index contributed by atoms with van der Waals surface area (Å²) in [6.07, 6.45) is 0. The predicted molar refractivity (Wildman–Crippen MR) is 22.8 cm³/mol. The molecule has 64 valence electrons. The van der Waals surface area contributed by atoms with Gasteiger partial charge in [0.25, 0.3) is 9.05 Å². The molecule has 0 aliphatic carbocycles. The van der Waals surface area contributed by atoms with Crippen LogP contribution in [0.25, 0.3) is 0 Å². The molecule has 0 saturated heterocycles. The van der Waals surface area contributed by atoms with Crippen molar-refractivity contribution in [2.24, 2.45) is 0 Å². The Labute approximate surface area is 92.1 Å². The summed E-state index contributed by atoms with van der Waals surface area (Å²) in [6, 6.07) is 0. The van der Waals surface area contributed by atoms with Gasteiger partial charge in [-0.3, -0.25) is 9.11 Å². The topological polar surface area (TPSA) is 132 Å². The molecule has 11 heteroatoms. The average molecular weight is 387 g/mol. The van der Waals surface area contributed by atoms with E-state index in [9.17, 15) is 0 Å². The van der Waals surface area contributed by atoms with Crippen LogP contribution in [0, 0.1) is 0 Å². The van der Waals surface area contributed by atoms with Gasteiger partial charge in [0.2, 0.25) is 0 Å². The van der Waals surface area contributed by atoms with Gasteiger partial charge in [0.05, 0.1) is 0 Å². The second kappa shape index (κ2) is 6.79. The van der Waals surface area contributed by atoms with E-state index in [4.69, 9.17) is 27.6 Å². The van der Waals surface area contributed by atoms with E-state index in [0.717, 1.165) is 0 Å². The molecule has 0 saturated carbocycles. The molecular formula is H2NaO7ReS2. The molecule has 0 amide bonds. The van der Waals surface area contributed by atoms with Gasteiger partial charge in [-0.25, -0.2) is 0 Å². The molecule has 0 heterocycles. The van der Waals surface area contributed by atoms with Crippen LogP contribution >= 0.6 is 0 Å². The first-order valence-corrected chi connectivity index (χ1v) is 8.15. The zero-order chi connectivity index (χ0) is 9.00. The van der Waals surface area contributed by atoms with Gasteiger partial charge in [0.1, 0.15) is 0 Å². The van der Waals surface area contributed by atoms with Crippen molar-refractivity contribution in [1.82, 2.24) is 0 Å². The van der Waals surface area contributed by atoms with Crippen LogP contribution in [0.5, 0.6) is 0 Å². The molecule has 0 spiro atoms. The average Bonchev–Trinajstić information content (AvgIpc) is 1.12. The van der Waals surface area contributed by atoms with Crippen LogP contribution in [-0.4, -0.2) is 13.3 Å². The van der Waals surface area contributed by atoms with Gasteiger partial charge in [-0.2, -0.15) is 4.21 Å². The third-order valence-corrected chi connectivity index (χ3v) is 0. The van der Waals surface area contributed by atoms with Crippen LogP contribution in [-0.2, 0) is 46.4 Å². The van der Waals surface area contributed by atoms with Gasteiger partial charge >= 0.3 is 59.6 Å². The summed E-state index contributed by atoms with van der Waals surface area (Å²) < 4.78 is 58.5. The molecule has 0 aliphatic rings. The van der Waals surface area contributed by atoms with Crippen molar-refractivity contribution in [2.75, 3.05) is 0 Å². The van der Waals surface area contributed by atoms with Gasteiger partial charge in [0.15, 0.2) is 0 Å². The SMILES string of the molecule is O=S(O)(O)=S.[Na+].[O]=[Re](=[O])(=[O])[O-]. The van der Waals surface area contributed by atoms with E-state index < -0.39 is 24.8 Å². The number of hydrogen-bond donors (Lipinski definition) is 2. The molecule has 0 atom stereocenters. The Bertz CT molecular complexity index is 291. The fraction of sp³-hybridized carbons (Fsp3) is 0. The zero-order valence-electron chi connectivity index (χ0n) is 5.13. The summed E-state index contributed by atoms with van der Waals surface area (Å²) in [6.45, 7) is 0. The van der Waals surface area contributed by atoms with Crippen LogP contribution in [0.3, 0.4) is 0 Å². The van der Waals surface area contributed by atoms with E-state index in [1.807, 2.05) is 0 Å². The Morgan fingerprint density at radius 1 is 1.27 bits per heavy atom. The first kappa shape index (κ1) is 18.2. The first-order valence-electron chi connectivity index (χ1n) is 1.32. The second-order valence-corrected chi connectivity index (χ2v) is 5.74. The van der Waals surface area contributed by atoms with Crippen LogP contribution in [0.4, 0.5) is 0 Å². The van der Waals surface area contributed by atoms with Gasteiger partial charge in [-0.1, -0.05) is 0 Å². The molecule has 7 nitrogen and oxygen atoms in total. The minimum atomic E-state index is -6.11. The zero-order valence-corrected chi connectivity index (χ0v) is 11.5. The Morgan fingerprint density at radius 3 is 1.27 bits per heavy atom. The minimum absolute atomic E-state index is 0. The number of rotatable bonds is 0. The van der Waals surface area contributed by atoms with E-state index in [-0.39, 0.29) is 29.6 Å². The molecular weight excluding hydrogens is 385 g/mol. The standard InChI is InChI=1S/Na.H2O3S2.4O.Re/c;1-5(2,3)4;;;;;/h;(H2,1,2,3,4);;;;;/q+1;;;;;-1;. The van der Waals surface area contributed by atoms with E-state index in [1.165, 1.54) is 0 Å². The predicted octanol–water partition coefficient (Wildman–Crippen LogP) is -4.87. The fourth-order valence-corrected chi connectivity index (χ4v) is 0. The van der Waals surface area contributed by atoms with Gasteiger partial charge in [0, 0.05) is 11.2 Å². The van der Waals surface area contributed by atoms with Crippen molar-refractivity contribution in [2.45, 2.75) is 0 Å². The van der Waals surface area contributed by atoms with Gasteiger partial charge < -0.3 is 0 Å². The molecule has 0 aromatic carbocycles. The summed E-state index contributed by atoms with van der Waals surface area (Å²) in [4.78, 5) is 0. The monoisotopic (exact) mass is 388 g/mol. The van der Waals surface area contributed by atoms with Gasteiger partial charge in [-0.05, 0) is 0 Å².